The van der Waals surface area contributed by atoms with E-state index in [1.807, 2.05) is 13.8 Å². The summed E-state index contributed by atoms with van der Waals surface area (Å²) in [6, 6.07) is 6.21. The lowest BCUT2D eigenvalue weighted by atomic mass is 9.94. The Kier molecular flexibility index (Phi) is 3.90. The molecular weight excluding hydrogens is 245 g/mol. The van der Waals surface area contributed by atoms with Crippen molar-refractivity contribution >= 4 is 5.91 Å². The number of carbonyl (C=O) groups is 1. The first kappa shape index (κ1) is 14.0. The summed E-state index contributed by atoms with van der Waals surface area (Å²) in [6.07, 6.45) is 0.924. The number of hydrogen-bond donors (Lipinski definition) is 2. The molecule has 19 heavy (non-hydrogen) atoms. The number of nitrogens with one attached hydrogen (secondary N) is 1. The molecule has 3 nitrogen and oxygen atoms in total. The molecule has 1 aromatic rings. The van der Waals surface area contributed by atoms with Crippen LogP contribution in [-0.4, -0.2) is 23.7 Å². The summed E-state index contributed by atoms with van der Waals surface area (Å²) in [5.74, 6) is -0.332. The number of amides is 1. The Labute approximate surface area is 112 Å². The SMILES string of the molecule is CC(C)C(O)CNC(=O)C1(c2cccc(F)c2)CC1. The van der Waals surface area contributed by atoms with Gasteiger partial charge in [0, 0.05) is 6.54 Å². The van der Waals surface area contributed by atoms with Gasteiger partial charge in [-0.25, -0.2) is 4.39 Å². The lowest BCUT2D eigenvalue weighted by Crippen LogP contribution is -2.40. The molecule has 1 amide bonds. The summed E-state index contributed by atoms with van der Waals surface area (Å²) in [7, 11) is 0. The molecule has 2 rings (SSSR count). The van der Waals surface area contributed by atoms with Gasteiger partial charge in [-0.3, -0.25) is 4.79 Å². The van der Waals surface area contributed by atoms with E-state index in [0.717, 1.165) is 18.4 Å². The summed E-state index contributed by atoms with van der Waals surface area (Å²) in [4.78, 5) is 12.2. The maximum Gasteiger partial charge on any atom is 0.230 e. The van der Waals surface area contributed by atoms with Crippen molar-refractivity contribution in [3.05, 3.63) is 35.6 Å². The minimum Gasteiger partial charge on any atom is -0.391 e. The lowest BCUT2D eigenvalue weighted by molar-refractivity contribution is -0.124. The molecule has 1 aliphatic rings. The molecule has 1 fully saturated rings. The van der Waals surface area contributed by atoms with Gasteiger partial charge in [0.2, 0.25) is 5.91 Å². The smallest absolute Gasteiger partial charge is 0.230 e. The van der Waals surface area contributed by atoms with Gasteiger partial charge in [0.25, 0.3) is 0 Å². The first-order chi connectivity index (χ1) is 8.95. The molecule has 0 spiro atoms. The van der Waals surface area contributed by atoms with E-state index in [4.69, 9.17) is 0 Å². The van der Waals surface area contributed by atoms with Crippen molar-refractivity contribution in [1.82, 2.24) is 5.32 Å². The van der Waals surface area contributed by atoms with Gasteiger partial charge < -0.3 is 10.4 Å². The summed E-state index contributed by atoms with van der Waals surface area (Å²) in [5, 5.41) is 12.5. The number of aliphatic hydroxyl groups excluding tert-OH is 1. The van der Waals surface area contributed by atoms with E-state index >= 15 is 0 Å². The van der Waals surface area contributed by atoms with Crippen LogP contribution in [0, 0.1) is 11.7 Å². The second kappa shape index (κ2) is 5.29. The highest BCUT2D eigenvalue weighted by Crippen LogP contribution is 2.48. The van der Waals surface area contributed by atoms with Crippen molar-refractivity contribution in [3.8, 4) is 0 Å². The van der Waals surface area contributed by atoms with Crippen molar-refractivity contribution < 1.29 is 14.3 Å². The van der Waals surface area contributed by atoms with Crippen molar-refractivity contribution in [1.29, 1.82) is 0 Å². The topological polar surface area (TPSA) is 49.3 Å². The van der Waals surface area contributed by atoms with Crippen LogP contribution in [0.5, 0.6) is 0 Å². The van der Waals surface area contributed by atoms with Gasteiger partial charge >= 0.3 is 0 Å². The fraction of sp³-hybridized carbons (Fsp3) is 0.533. The lowest BCUT2D eigenvalue weighted by Gasteiger charge is -2.19. The predicted octanol–water partition coefficient (Wildman–Crippen LogP) is 1.99. The standard InChI is InChI=1S/C15H20FNO2/c1-10(2)13(18)9-17-14(19)15(6-7-15)11-4-3-5-12(16)8-11/h3-5,8,10,13,18H,6-7,9H2,1-2H3,(H,17,19). The fourth-order valence-electron chi connectivity index (χ4n) is 2.16. The second-order valence-electron chi connectivity index (χ2n) is 5.61. The Morgan fingerprint density at radius 1 is 1.47 bits per heavy atom. The molecule has 104 valence electrons. The molecule has 1 aromatic carbocycles. The van der Waals surface area contributed by atoms with Crippen LogP contribution in [0.3, 0.4) is 0 Å². The fourth-order valence-corrected chi connectivity index (χ4v) is 2.16. The zero-order valence-corrected chi connectivity index (χ0v) is 11.3. The van der Waals surface area contributed by atoms with E-state index in [2.05, 4.69) is 5.32 Å². The molecule has 0 radical (unpaired) electrons. The highest BCUT2D eigenvalue weighted by molar-refractivity contribution is 5.91. The Balaban J connectivity index is 2.03. The minimum absolute atomic E-state index is 0.102. The van der Waals surface area contributed by atoms with Gasteiger partial charge in [-0.15, -0.1) is 0 Å². The van der Waals surface area contributed by atoms with Crippen molar-refractivity contribution in [2.45, 2.75) is 38.2 Å². The number of hydrogen-bond acceptors (Lipinski definition) is 2. The monoisotopic (exact) mass is 265 g/mol. The van der Waals surface area contributed by atoms with E-state index in [0.29, 0.717) is 0 Å². The van der Waals surface area contributed by atoms with Gasteiger partial charge in [-0.05, 0) is 36.5 Å². The van der Waals surface area contributed by atoms with Crippen molar-refractivity contribution in [3.63, 3.8) is 0 Å². The first-order valence-corrected chi connectivity index (χ1v) is 6.68. The van der Waals surface area contributed by atoms with E-state index in [1.54, 1.807) is 12.1 Å². The summed E-state index contributed by atoms with van der Waals surface area (Å²) >= 11 is 0. The summed E-state index contributed by atoms with van der Waals surface area (Å²) < 4.78 is 13.2. The van der Waals surface area contributed by atoms with Crippen LogP contribution in [0.25, 0.3) is 0 Å². The van der Waals surface area contributed by atoms with Crippen LogP contribution in [0.15, 0.2) is 24.3 Å². The maximum absolute atomic E-state index is 13.2. The maximum atomic E-state index is 13.2. The van der Waals surface area contributed by atoms with Crippen LogP contribution < -0.4 is 5.32 Å². The Bertz CT molecular complexity index is 469. The first-order valence-electron chi connectivity index (χ1n) is 6.68. The van der Waals surface area contributed by atoms with Gasteiger partial charge in [0.1, 0.15) is 5.82 Å². The zero-order chi connectivity index (χ0) is 14.0. The minimum atomic E-state index is -0.585. The molecular formula is C15H20FNO2. The predicted molar refractivity (Wildman–Crippen MR) is 71.2 cm³/mol. The average Bonchev–Trinajstić information content (AvgIpc) is 3.16. The molecule has 1 aliphatic carbocycles. The number of aliphatic hydroxyl groups is 1. The van der Waals surface area contributed by atoms with E-state index in [-0.39, 0.29) is 24.2 Å². The number of rotatable bonds is 5. The third-order valence-electron chi connectivity index (χ3n) is 3.80. The van der Waals surface area contributed by atoms with E-state index in [1.165, 1.54) is 12.1 Å². The quantitative estimate of drug-likeness (QED) is 0.855. The van der Waals surface area contributed by atoms with Crippen LogP contribution in [0.4, 0.5) is 4.39 Å². The van der Waals surface area contributed by atoms with Crippen molar-refractivity contribution in [2.24, 2.45) is 5.92 Å². The molecule has 2 N–H and O–H groups in total. The highest BCUT2D eigenvalue weighted by atomic mass is 19.1. The highest BCUT2D eigenvalue weighted by Gasteiger charge is 2.51. The van der Waals surface area contributed by atoms with Crippen LogP contribution in [0.1, 0.15) is 32.3 Å². The summed E-state index contributed by atoms with van der Waals surface area (Å²) in [5.41, 5.74) is 0.141. The van der Waals surface area contributed by atoms with Crippen LogP contribution in [0.2, 0.25) is 0 Å². The largest absolute Gasteiger partial charge is 0.391 e. The Morgan fingerprint density at radius 2 is 2.16 bits per heavy atom. The van der Waals surface area contributed by atoms with Crippen LogP contribution in [-0.2, 0) is 10.2 Å². The normalized spacial score (nSPS) is 18.2. The molecule has 4 heteroatoms. The van der Waals surface area contributed by atoms with Gasteiger partial charge in [0.05, 0.1) is 11.5 Å². The summed E-state index contributed by atoms with van der Waals surface area (Å²) in [6.45, 7) is 4.04. The van der Waals surface area contributed by atoms with Gasteiger partial charge in [-0.2, -0.15) is 0 Å². The zero-order valence-electron chi connectivity index (χ0n) is 11.3. The van der Waals surface area contributed by atoms with Gasteiger partial charge in [-0.1, -0.05) is 26.0 Å². The Hall–Kier alpha value is -1.42. The third-order valence-corrected chi connectivity index (χ3v) is 3.80. The number of carbonyl (C=O) groups excluding carboxylic acids is 1. The van der Waals surface area contributed by atoms with E-state index < -0.39 is 11.5 Å². The van der Waals surface area contributed by atoms with Crippen molar-refractivity contribution in [2.75, 3.05) is 6.54 Å². The molecule has 1 unspecified atom stereocenters. The molecule has 0 heterocycles. The average molecular weight is 265 g/mol. The third kappa shape index (κ3) is 2.95. The molecule has 1 atom stereocenters. The number of benzene rings is 1. The van der Waals surface area contributed by atoms with Gasteiger partial charge in [0.15, 0.2) is 0 Å². The number of halogens is 1. The second-order valence-corrected chi connectivity index (χ2v) is 5.61. The van der Waals surface area contributed by atoms with Crippen LogP contribution >= 0.6 is 0 Å². The molecule has 1 saturated carbocycles. The molecule has 0 aromatic heterocycles. The molecule has 0 bridgehead atoms. The Morgan fingerprint density at radius 3 is 2.68 bits per heavy atom. The van der Waals surface area contributed by atoms with E-state index in [9.17, 15) is 14.3 Å². The molecule has 0 saturated heterocycles. The molecule has 0 aliphatic heterocycles.